The Balaban J connectivity index is -0.00000180. The quantitative estimate of drug-likeness (QED) is 0.132. The van der Waals surface area contributed by atoms with Gasteiger partial charge in [0.2, 0.25) is 0 Å². The number of methoxy groups -OCH3 is 1. The van der Waals surface area contributed by atoms with Crippen molar-refractivity contribution < 1.29 is 38.1 Å². The number of aldehydes is 1. The van der Waals surface area contributed by atoms with Gasteiger partial charge in [-0.05, 0) is 71.9 Å². The van der Waals surface area contributed by atoms with Gasteiger partial charge in [-0.2, -0.15) is 0 Å². The molecule has 0 bridgehead atoms. The molecule has 0 radical (unpaired) electrons. The highest BCUT2D eigenvalue weighted by Gasteiger charge is 2.45. The Labute approximate surface area is 263 Å². The molecule has 1 aliphatic carbocycles. The predicted molar refractivity (Wildman–Crippen MR) is 173 cm³/mol. The van der Waals surface area contributed by atoms with E-state index in [1.807, 2.05) is 58.5 Å². The van der Waals surface area contributed by atoms with E-state index in [-0.39, 0.29) is 55.5 Å². The first-order valence-corrected chi connectivity index (χ1v) is 16.1. The van der Waals surface area contributed by atoms with Crippen molar-refractivity contribution in [3.63, 3.8) is 0 Å². The minimum Gasteiger partial charge on any atom is -0.466 e. The van der Waals surface area contributed by atoms with Crippen molar-refractivity contribution in [3.8, 4) is 0 Å². The van der Waals surface area contributed by atoms with Crippen LogP contribution in [0.1, 0.15) is 108 Å². The molecule has 4 unspecified atom stereocenters. The predicted octanol–water partition coefficient (Wildman–Crippen LogP) is 5.55. The van der Waals surface area contributed by atoms with Crippen LogP contribution in [0.15, 0.2) is 0 Å². The molecule has 0 aliphatic heterocycles. The van der Waals surface area contributed by atoms with Crippen LogP contribution in [0.4, 0.5) is 0 Å². The first kappa shape index (κ1) is 45.4. The SMILES string of the molecule is CC.CC.CCOC.CCOC(=O)CC(C(=O)OCC)N(C)CC1(C)CC(N(C)C(C=O)CC(=O)OCC)CC(C)(C)C1. The van der Waals surface area contributed by atoms with Crippen LogP contribution in [0.5, 0.6) is 0 Å². The monoisotopic (exact) mass is 618 g/mol. The van der Waals surface area contributed by atoms with E-state index in [4.69, 9.17) is 14.2 Å². The lowest BCUT2D eigenvalue weighted by Gasteiger charge is -2.51. The zero-order valence-electron chi connectivity index (χ0n) is 30.0. The number of esters is 3. The van der Waals surface area contributed by atoms with E-state index in [2.05, 4.69) is 25.5 Å². The summed E-state index contributed by atoms with van der Waals surface area (Å²) in [6.45, 7) is 23.9. The maximum atomic E-state index is 12.7. The fraction of sp³-hybridized carbons (Fsp3) is 0.879. The summed E-state index contributed by atoms with van der Waals surface area (Å²) in [5.41, 5.74) is -0.225. The molecule has 1 aliphatic rings. The highest BCUT2D eigenvalue weighted by Crippen LogP contribution is 2.48. The van der Waals surface area contributed by atoms with E-state index in [1.54, 1.807) is 27.9 Å². The Morgan fingerprint density at radius 1 is 0.814 bits per heavy atom. The van der Waals surface area contributed by atoms with Crippen molar-refractivity contribution in [2.45, 2.75) is 126 Å². The van der Waals surface area contributed by atoms with Crippen LogP contribution < -0.4 is 0 Å². The van der Waals surface area contributed by atoms with Crippen LogP contribution >= 0.6 is 0 Å². The number of likely N-dealkylation sites (N-methyl/N-ethyl adjacent to an activating group) is 2. The van der Waals surface area contributed by atoms with E-state index in [1.165, 1.54) is 0 Å². The van der Waals surface area contributed by atoms with Gasteiger partial charge in [-0.15, -0.1) is 0 Å². The molecule has 0 heterocycles. The molecule has 10 nitrogen and oxygen atoms in total. The van der Waals surface area contributed by atoms with Gasteiger partial charge in [0.05, 0.1) is 38.7 Å². The van der Waals surface area contributed by atoms with E-state index >= 15 is 0 Å². The van der Waals surface area contributed by atoms with Crippen molar-refractivity contribution in [1.29, 1.82) is 0 Å². The Hall–Kier alpha value is -2.04. The van der Waals surface area contributed by atoms with E-state index in [0.717, 1.165) is 32.2 Å². The second-order valence-corrected chi connectivity index (χ2v) is 11.4. The first-order valence-electron chi connectivity index (χ1n) is 16.1. The number of rotatable bonds is 15. The highest BCUT2D eigenvalue weighted by molar-refractivity contribution is 5.82. The molecular weight excluding hydrogens is 552 g/mol. The molecule has 0 N–H and O–H groups in total. The van der Waals surface area contributed by atoms with Crippen LogP contribution in [0.25, 0.3) is 0 Å². The van der Waals surface area contributed by atoms with Gasteiger partial charge in [0.25, 0.3) is 0 Å². The van der Waals surface area contributed by atoms with Crippen LogP contribution in [0.2, 0.25) is 0 Å². The van der Waals surface area contributed by atoms with Gasteiger partial charge < -0.3 is 23.7 Å². The molecule has 0 aromatic rings. The lowest BCUT2D eigenvalue weighted by Crippen LogP contribution is -2.54. The third-order valence-corrected chi connectivity index (χ3v) is 7.04. The highest BCUT2D eigenvalue weighted by atomic mass is 16.5. The third-order valence-electron chi connectivity index (χ3n) is 7.04. The zero-order valence-corrected chi connectivity index (χ0v) is 30.0. The molecule has 43 heavy (non-hydrogen) atoms. The number of nitrogens with zero attached hydrogens (tertiary/aromatic N) is 2. The maximum absolute atomic E-state index is 12.7. The molecule has 10 heteroatoms. The van der Waals surface area contributed by atoms with Crippen LogP contribution in [0, 0.1) is 10.8 Å². The fourth-order valence-electron chi connectivity index (χ4n) is 5.68. The average Bonchev–Trinajstić information content (AvgIpc) is 2.95. The van der Waals surface area contributed by atoms with E-state index in [9.17, 15) is 19.2 Å². The summed E-state index contributed by atoms with van der Waals surface area (Å²) in [7, 11) is 5.40. The van der Waals surface area contributed by atoms with Crippen LogP contribution in [0.3, 0.4) is 0 Å². The molecule has 256 valence electrons. The molecule has 1 saturated carbocycles. The lowest BCUT2D eigenvalue weighted by atomic mass is 9.62. The molecular formula is C33H66N2O8. The number of carbonyl (C=O) groups is 4. The number of carbonyl (C=O) groups excluding carboxylic acids is 4. The largest absolute Gasteiger partial charge is 0.466 e. The normalized spacial score (nSPS) is 20.0. The zero-order chi connectivity index (χ0) is 34.2. The smallest absolute Gasteiger partial charge is 0.323 e. The average molecular weight is 619 g/mol. The Morgan fingerprint density at radius 2 is 1.28 bits per heavy atom. The van der Waals surface area contributed by atoms with E-state index < -0.39 is 24.0 Å². The number of hydrogen-bond donors (Lipinski definition) is 0. The van der Waals surface area contributed by atoms with Crippen LogP contribution in [-0.4, -0.2) is 106 Å². The summed E-state index contributed by atoms with van der Waals surface area (Å²) < 4.78 is 19.9. The number of ether oxygens (including phenoxy) is 4. The summed E-state index contributed by atoms with van der Waals surface area (Å²) in [5, 5.41) is 0. The Bertz CT molecular complexity index is 759. The molecule has 0 spiro atoms. The van der Waals surface area contributed by atoms with Gasteiger partial charge in [-0.1, -0.05) is 48.5 Å². The lowest BCUT2D eigenvalue weighted by molar-refractivity contribution is -0.156. The van der Waals surface area contributed by atoms with Crippen molar-refractivity contribution in [2.24, 2.45) is 10.8 Å². The topological polar surface area (TPSA) is 112 Å². The molecule has 0 aromatic carbocycles. The maximum Gasteiger partial charge on any atom is 0.323 e. The van der Waals surface area contributed by atoms with Crippen molar-refractivity contribution in [2.75, 3.05) is 54.2 Å². The second kappa shape index (κ2) is 25.3. The van der Waals surface area contributed by atoms with Crippen molar-refractivity contribution >= 4 is 24.2 Å². The molecule has 0 amide bonds. The molecule has 1 fully saturated rings. The minimum absolute atomic E-state index is 0.0197. The summed E-state index contributed by atoms with van der Waals surface area (Å²) in [6, 6.07) is -1.24. The first-order chi connectivity index (χ1) is 20.2. The van der Waals surface area contributed by atoms with Crippen LogP contribution in [-0.2, 0) is 38.1 Å². The summed E-state index contributed by atoms with van der Waals surface area (Å²) in [6.07, 6.45) is 3.33. The van der Waals surface area contributed by atoms with Crippen molar-refractivity contribution in [1.82, 2.24) is 9.80 Å². The van der Waals surface area contributed by atoms with Crippen molar-refractivity contribution in [3.05, 3.63) is 0 Å². The molecule has 0 aromatic heterocycles. The Morgan fingerprint density at radius 3 is 1.70 bits per heavy atom. The Kier molecular flexibility index (Phi) is 26.7. The molecule has 1 rings (SSSR count). The summed E-state index contributed by atoms with van der Waals surface area (Å²) in [5.74, 6) is -1.26. The second-order valence-electron chi connectivity index (χ2n) is 11.4. The van der Waals surface area contributed by atoms with E-state index in [0.29, 0.717) is 6.54 Å². The van der Waals surface area contributed by atoms with Gasteiger partial charge in [0.15, 0.2) is 0 Å². The van der Waals surface area contributed by atoms with Gasteiger partial charge >= 0.3 is 17.9 Å². The standard InChI is InChI=1S/C26H46N2O7.C3H8O.2C2H6/c1-9-33-22(30)12-19(16-29)28(8)20-14-25(4,5)17-26(6,15-20)18-27(7)21(24(32)35-11-3)13-23(31)34-10-2;1-3-4-2;2*1-2/h16,19-21H,9-15,17-18H2,1-8H3;3H2,1-2H3;2*1-2H3. The summed E-state index contributed by atoms with van der Waals surface area (Å²) in [4.78, 5) is 52.7. The van der Waals surface area contributed by atoms with Gasteiger partial charge in [-0.25, -0.2) is 0 Å². The van der Waals surface area contributed by atoms with Gasteiger partial charge in [0.1, 0.15) is 12.3 Å². The third kappa shape index (κ3) is 19.1. The summed E-state index contributed by atoms with van der Waals surface area (Å²) >= 11 is 0. The number of hydrogen-bond acceptors (Lipinski definition) is 10. The molecule has 4 atom stereocenters. The fourth-order valence-corrected chi connectivity index (χ4v) is 5.68. The molecule has 0 saturated heterocycles. The van der Waals surface area contributed by atoms with Gasteiger partial charge in [-0.3, -0.25) is 24.2 Å². The van der Waals surface area contributed by atoms with Gasteiger partial charge in [0, 0.05) is 26.3 Å². The minimum atomic E-state index is -0.737.